The fraction of sp³-hybridized carbons (Fsp3) is 0.429. The molecule has 1 aromatic carbocycles. The summed E-state index contributed by atoms with van der Waals surface area (Å²) >= 11 is 0. The van der Waals surface area contributed by atoms with Crippen molar-refractivity contribution in [3.63, 3.8) is 0 Å². The Hall–Kier alpha value is -1.08. The summed E-state index contributed by atoms with van der Waals surface area (Å²) in [4.78, 5) is 0. The summed E-state index contributed by atoms with van der Waals surface area (Å²) in [7, 11) is 2.00. The van der Waals surface area contributed by atoms with Gasteiger partial charge in [0.05, 0.1) is 6.04 Å². The lowest BCUT2D eigenvalue weighted by Crippen LogP contribution is -2.13. The topological polar surface area (TPSA) is 12.0 Å². The molecule has 0 aliphatic heterocycles. The van der Waals surface area contributed by atoms with E-state index in [0.29, 0.717) is 6.04 Å². The standard InChI is InChI=1S/C14H21N/c1-3-4-5-9-12-14(15-2)13-10-7-6-8-11-13/h6-12,14-15H,3-5H2,1-2H3/b12-9+. The molecular formula is C14H21N. The van der Waals surface area contributed by atoms with Gasteiger partial charge in [0.25, 0.3) is 0 Å². The van der Waals surface area contributed by atoms with Crippen LogP contribution in [0.5, 0.6) is 0 Å². The van der Waals surface area contributed by atoms with E-state index >= 15 is 0 Å². The fourth-order valence-corrected chi connectivity index (χ4v) is 1.59. The number of unbranched alkanes of at least 4 members (excludes halogenated alkanes) is 2. The van der Waals surface area contributed by atoms with Crippen molar-refractivity contribution >= 4 is 0 Å². The normalized spacial score (nSPS) is 13.2. The molecule has 1 rings (SSSR count). The second kappa shape index (κ2) is 7.24. The van der Waals surface area contributed by atoms with E-state index in [1.165, 1.54) is 24.8 Å². The maximum Gasteiger partial charge on any atom is 0.0503 e. The Morgan fingerprint density at radius 2 is 2.00 bits per heavy atom. The van der Waals surface area contributed by atoms with Crippen LogP contribution in [-0.4, -0.2) is 7.05 Å². The Morgan fingerprint density at radius 1 is 1.27 bits per heavy atom. The minimum atomic E-state index is 0.350. The molecule has 0 amide bonds. The van der Waals surface area contributed by atoms with E-state index in [1.807, 2.05) is 7.05 Å². The molecule has 1 N–H and O–H groups in total. The number of rotatable bonds is 6. The van der Waals surface area contributed by atoms with Gasteiger partial charge in [0.2, 0.25) is 0 Å². The van der Waals surface area contributed by atoms with Gasteiger partial charge in [0.15, 0.2) is 0 Å². The average molecular weight is 203 g/mol. The fourth-order valence-electron chi connectivity index (χ4n) is 1.59. The third-order valence-corrected chi connectivity index (χ3v) is 2.52. The van der Waals surface area contributed by atoms with E-state index in [1.54, 1.807) is 0 Å². The molecule has 0 heterocycles. The zero-order chi connectivity index (χ0) is 10.9. The smallest absolute Gasteiger partial charge is 0.0503 e. The number of nitrogens with one attached hydrogen (secondary N) is 1. The van der Waals surface area contributed by atoms with E-state index in [-0.39, 0.29) is 0 Å². The molecule has 1 atom stereocenters. The highest BCUT2D eigenvalue weighted by Crippen LogP contribution is 2.13. The van der Waals surface area contributed by atoms with Crippen molar-refractivity contribution in [1.82, 2.24) is 5.32 Å². The molecule has 0 fully saturated rings. The lowest BCUT2D eigenvalue weighted by Gasteiger charge is -2.11. The Bertz CT molecular complexity index is 277. The van der Waals surface area contributed by atoms with E-state index < -0.39 is 0 Å². The minimum Gasteiger partial charge on any atom is -0.310 e. The van der Waals surface area contributed by atoms with E-state index in [2.05, 4.69) is 54.7 Å². The first-order chi connectivity index (χ1) is 7.38. The van der Waals surface area contributed by atoms with Crippen LogP contribution in [0.4, 0.5) is 0 Å². The first-order valence-electron chi connectivity index (χ1n) is 5.77. The predicted molar refractivity (Wildman–Crippen MR) is 66.9 cm³/mol. The molecule has 15 heavy (non-hydrogen) atoms. The van der Waals surface area contributed by atoms with E-state index in [4.69, 9.17) is 0 Å². The van der Waals surface area contributed by atoms with Crippen molar-refractivity contribution in [1.29, 1.82) is 0 Å². The second-order valence-corrected chi connectivity index (χ2v) is 3.75. The quantitative estimate of drug-likeness (QED) is 0.549. The van der Waals surface area contributed by atoms with Gasteiger partial charge in [-0.05, 0) is 19.0 Å². The van der Waals surface area contributed by atoms with Gasteiger partial charge >= 0.3 is 0 Å². The van der Waals surface area contributed by atoms with Crippen LogP contribution in [0.15, 0.2) is 42.5 Å². The van der Waals surface area contributed by atoms with Crippen LogP contribution in [0.1, 0.15) is 37.8 Å². The minimum absolute atomic E-state index is 0.350. The average Bonchev–Trinajstić information content (AvgIpc) is 2.30. The van der Waals surface area contributed by atoms with Crippen molar-refractivity contribution < 1.29 is 0 Å². The summed E-state index contributed by atoms with van der Waals surface area (Å²) in [6.45, 7) is 2.22. The zero-order valence-corrected chi connectivity index (χ0v) is 9.74. The Morgan fingerprint density at radius 3 is 2.60 bits per heavy atom. The molecule has 0 bridgehead atoms. The molecule has 0 aliphatic carbocycles. The number of allylic oxidation sites excluding steroid dienone is 1. The summed E-state index contributed by atoms with van der Waals surface area (Å²) in [6.07, 6.45) is 8.26. The molecule has 0 aliphatic rings. The van der Waals surface area contributed by atoms with Gasteiger partial charge in [-0.2, -0.15) is 0 Å². The number of likely N-dealkylation sites (N-methyl/N-ethyl adjacent to an activating group) is 1. The van der Waals surface area contributed by atoms with Crippen LogP contribution in [0.3, 0.4) is 0 Å². The Kier molecular flexibility index (Phi) is 5.79. The predicted octanol–water partition coefficient (Wildman–Crippen LogP) is 3.69. The molecule has 1 unspecified atom stereocenters. The van der Waals surface area contributed by atoms with Crippen LogP contribution in [0.2, 0.25) is 0 Å². The summed E-state index contributed by atoms with van der Waals surface area (Å²) in [6, 6.07) is 10.9. The third-order valence-electron chi connectivity index (χ3n) is 2.52. The van der Waals surface area contributed by atoms with Crippen molar-refractivity contribution in [2.45, 2.75) is 32.2 Å². The second-order valence-electron chi connectivity index (χ2n) is 3.75. The molecule has 0 saturated heterocycles. The number of hydrogen-bond donors (Lipinski definition) is 1. The summed E-state index contributed by atoms with van der Waals surface area (Å²) < 4.78 is 0. The summed E-state index contributed by atoms with van der Waals surface area (Å²) in [5.74, 6) is 0. The van der Waals surface area contributed by atoms with Crippen molar-refractivity contribution in [3.8, 4) is 0 Å². The third kappa shape index (κ3) is 4.30. The van der Waals surface area contributed by atoms with Gasteiger partial charge in [-0.25, -0.2) is 0 Å². The van der Waals surface area contributed by atoms with Gasteiger partial charge in [0, 0.05) is 0 Å². The van der Waals surface area contributed by atoms with Crippen LogP contribution in [-0.2, 0) is 0 Å². The van der Waals surface area contributed by atoms with Crippen LogP contribution in [0.25, 0.3) is 0 Å². The molecule has 0 spiro atoms. The Labute approximate surface area is 93.2 Å². The molecule has 0 aromatic heterocycles. The number of hydrogen-bond acceptors (Lipinski definition) is 1. The van der Waals surface area contributed by atoms with Crippen molar-refractivity contribution in [2.24, 2.45) is 0 Å². The van der Waals surface area contributed by atoms with E-state index in [9.17, 15) is 0 Å². The maximum atomic E-state index is 3.31. The largest absolute Gasteiger partial charge is 0.310 e. The van der Waals surface area contributed by atoms with Gasteiger partial charge < -0.3 is 5.32 Å². The van der Waals surface area contributed by atoms with Gasteiger partial charge in [0.1, 0.15) is 0 Å². The van der Waals surface area contributed by atoms with Crippen molar-refractivity contribution in [3.05, 3.63) is 48.0 Å². The van der Waals surface area contributed by atoms with Crippen LogP contribution >= 0.6 is 0 Å². The van der Waals surface area contributed by atoms with Crippen LogP contribution < -0.4 is 5.32 Å². The van der Waals surface area contributed by atoms with E-state index in [0.717, 1.165) is 0 Å². The molecular weight excluding hydrogens is 182 g/mol. The van der Waals surface area contributed by atoms with Crippen molar-refractivity contribution in [2.75, 3.05) is 7.05 Å². The molecule has 0 saturated carbocycles. The highest BCUT2D eigenvalue weighted by atomic mass is 14.9. The van der Waals surface area contributed by atoms with Crippen LogP contribution in [0, 0.1) is 0 Å². The Balaban J connectivity index is 2.53. The number of benzene rings is 1. The molecule has 82 valence electrons. The highest BCUT2D eigenvalue weighted by Gasteiger charge is 2.02. The first-order valence-corrected chi connectivity index (χ1v) is 5.77. The van der Waals surface area contributed by atoms with Gasteiger partial charge in [-0.3, -0.25) is 0 Å². The molecule has 0 radical (unpaired) electrons. The molecule has 1 aromatic rings. The molecule has 1 nitrogen and oxygen atoms in total. The zero-order valence-electron chi connectivity index (χ0n) is 9.74. The monoisotopic (exact) mass is 203 g/mol. The summed E-state index contributed by atoms with van der Waals surface area (Å²) in [5.41, 5.74) is 1.33. The summed E-state index contributed by atoms with van der Waals surface area (Å²) in [5, 5.41) is 3.31. The highest BCUT2D eigenvalue weighted by molar-refractivity contribution is 5.22. The lowest BCUT2D eigenvalue weighted by molar-refractivity contribution is 0.708. The first kappa shape index (κ1) is 12.0. The SMILES string of the molecule is CCCC/C=C/C(NC)c1ccccc1. The lowest BCUT2D eigenvalue weighted by atomic mass is 10.1. The maximum absolute atomic E-state index is 3.31. The van der Waals surface area contributed by atoms with Gasteiger partial charge in [-0.1, -0.05) is 62.2 Å². The molecule has 1 heteroatoms. The van der Waals surface area contributed by atoms with Gasteiger partial charge in [-0.15, -0.1) is 0 Å².